The zero-order valence-corrected chi connectivity index (χ0v) is 41.5. The van der Waals surface area contributed by atoms with Gasteiger partial charge in [0.2, 0.25) is 5.79 Å². The highest BCUT2D eigenvalue weighted by molar-refractivity contribution is 5.88. The largest absolute Gasteiger partial charge is 0.456 e. The van der Waals surface area contributed by atoms with E-state index in [1.165, 1.54) is 6.92 Å². The van der Waals surface area contributed by atoms with Crippen molar-refractivity contribution in [1.29, 1.82) is 0 Å². The molecule has 9 aliphatic rings. The molecule has 21 nitrogen and oxygen atoms in total. The highest BCUT2D eigenvalue weighted by Gasteiger charge is 2.72. The molecule has 71 heavy (non-hydrogen) atoms. The third kappa shape index (κ3) is 8.93. The summed E-state index contributed by atoms with van der Waals surface area (Å²) in [5, 5.41) is 67.1. The van der Waals surface area contributed by atoms with E-state index in [4.69, 9.17) is 52.1 Å². The van der Waals surface area contributed by atoms with Crippen molar-refractivity contribution in [1.82, 2.24) is 0 Å². The Kier molecular flexibility index (Phi) is 14.6. The average molecular weight is 1010 g/mol. The van der Waals surface area contributed by atoms with Crippen molar-refractivity contribution in [3.05, 3.63) is 23.8 Å². The molecular formula is C50H72O21. The number of Topliss-reactive ketones (excluding diaryl/α,β-unsaturated/α-hetero) is 1. The topological polar surface area (TPSA) is 291 Å². The summed E-state index contributed by atoms with van der Waals surface area (Å²) in [6.07, 6.45) is -17.0. The molecule has 5 saturated heterocycles. The van der Waals surface area contributed by atoms with E-state index in [9.17, 15) is 49.8 Å². The number of fused-ring (bicyclic) bond motifs is 7. The molecule has 0 unspecified atom stereocenters. The smallest absolute Gasteiger partial charge is 0.303 e. The fourth-order valence-electron chi connectivity index (χ4n) is 14.6. The first-order valence-corrected chi connectivity index (χ1v) is 25.1. The highest BCUT2D eigenvalue weighted by Crippen LogP contribution is 2.71. The molecule has 398 valence electrons. The fourth-order valence-corrected chi connectivity index (χ4v) is 14.6. The first kappa shape index (κ1) is 52.8. The number of aliphatic hydroxyl groups excluding tert-OH is 6. The molecule has 5 aliphatic heterocycles. The number of hydrogen-bond donors (Lipinski definition) is 6. The molecule has 21 heteroatoms. The maximum atomic E-state index is 12.5. The quantitative estimate of drug-likeness (QED) is 0.105. The van der Waals surface area contributed by atoms with Crippen molar-refractivity contribution in [2.75, 3.05) is 13.2 Å². The van der Waals surface area contributed by atoms with Gasteiger partial charge in [-0.3, -0.25) is 19.2 Å². The maximum Gasteiger partial charge on any atom is 0.303 e. The van der Waals surface area contributed by atoms with Gasteiger partial charge in [0.25, 0.3) is 0 Å². The second-order valence-corrected chi connectivity index (χ2v) is 22.0. The second-order valence-electron chi connectivity index (χ2n) is 22.0. The lowest BCUT2D eigenvalue weighted by Gasteiger charge is -2.60. The minimum atomic E-state index is -1.75. The van der Waals surface area contributed by atoms with Gasteiger partial charge in [-0.2, -0.15) is 0 Å². The summed E-state index contributed by atoms with van der Waals surface area (Å²) >= 11 is 0. The van der Waals surface area contributed by atoms with Crippen LogP contribution in [0.1, 0.15) is 93.9 Å². The van der Waals surface area contributed by atoms with E-state index in [0.717, 1.165) is 45.6 Å². The molecule has 6 N–H and O–H groups in total. The Bertz CT molecular complexity index is 2100. The van der Waals surface area contributed by atoms with Gasteiger partial charge in [-0.05, 0) is 80.6 Å². The SMILES string of the molecule is C=C1CO[C@@]2(O[C@H]3C[C@H]4[C@@H]5CC=C6C[C@@H](O)C[C@@H](O[C@@H]7OC[C@H](O)[C@H](O)[C@H]7O[C@@H]7O[C@@H](C)[C@H](OC(C)=O)[C@@H](OC(C)=O)[C@H]7OC(C)=O)[C@]6(C)[C@H]5CC[C@]4(C)[C@H]3[C@@H]2C)[C@H](O[C@@H]2O[C@H](C)C(=O)[C@H](O)[C@H]2O)[C@H]1O. The summed E-state index contributed by atoms with van der Waals surface area (Å²) in [6, 6.07) is 0. The molecule has 0 amide bonds. The van der Waals surface area contributed by atoms with Crippen LogP contribution in [0.4, 0.5) is 0 Å². The van der Waals surface area contributed by atoms with E-state index in [0.29, 0.717) is 18.4 Å². The fraction of sp³-hybridized carbons (Fsp3) is 0.840. The van der Waals surface area contributed by atoms with E-state index in [1.54, 1.807) is 6.92 Å². The molecule has 3 saturated carbocycles. The molecule has 0 radical (unpaired) electrons. The van der Waals surface area contributed by atoms with Crippen LogP contribution in [0.5, 0.6) is 0 Å². The van der Waals surface area contributed by atoms with Crippen LogP contribution >= 0.6 is 0 Å². The third-order valence-corrected chi connectivity index (χ3v) is 17.9. The molecule has 9 rings (SSSR count). The molecule has 5 heterocycles. The molecule has 26 atom stereocenters. The van der Waals surface area contributed by atoms with E-state index >= 15 is 0 Å². The Labute approximate surface area is 412 Å². The predicted octanol–water partition coefficient (Wildman–Crippen LogP) is 0.634. The average Bonchev–Trinajstić information content (AvgIpc) is 3.76. The van der Waals surface area contributed by atoms with E-state index in [1.807, 2.05) is 6.92 Å². The minimum Gasteiger partial charge on any atom is -0.456 e. The van der Waals surface area contributed by atoms with Crippen molar-refractivity contribution >= 4 is 23.7 Å². The zero-order valence-electron chi connectivity index (χ0n) is 41.5. The lowest BCUT2D eigenvalue weighted by molar-refractivity contribution is -0.364. The Morgan fingerprint density at radius 1 is 0.775 bits per heavy atom. The highest BCUT2D eigenvalue weighted by atomic mass is 16.8. The van der Waals surface area contributed by atoms with Crippen LogP contribution < -0.4 is 0 Å². The van der Waals surface area contributed by atoms with Crippen LogP contribution in [0.25, 0.3) is 0 Å². The van der Waals surface area contributed by atoms with Gasteiger partial charge < -0.3 is 82.7 Å². The van der Waals surface area contributed by atoms with Crippen molar-refractivity contribution in [2.24, 2.45) is 40.4 Å². The molecular weight excluding hydrogens is 937 g/mol. The van der Waals surface area contributed by atoms with E-state index in [2.05, 4.69) is 26.5 Å². The van der Waals surface area contributed by atoms with Gasteiger partial charge >= 0.3 is 17.9 Å². The van der Waals surface area contributed by atoms with Gasteiger partial charge in [-0.15, -0.1) is 0 Å². The Balaban J connectivity index is 0.964. The molecule has 1 spiro atoms. The number of ether oxygens (including phenoxy) is 11. The van der Waals surface area contributed by atoms with Crippen LogP contribution in [0, 0.1) is 40.4 Å². The lowest BCUT2D eigenvalue weighted by Crippen LogP contribution is -2.65. The number of carbonyl (C=O) groups is 4. The Morgan fingerprint density at radius 2 is 1.45 bits per heavy atom. The summed E-state index contributed by atoms with van der Waals surface area (Å²) in [5.41, 5.74) is 0.441. The third-order valence-electron chi connectivity index (χ3n) is 17.9. The number of aliphatic hydroxyl groups is 6. The van der Waals surface area contributed by atoms with Crippen LogP contribution in [0.2, 0.25) is 0 Å². The van der Waals surface area contributed by atoms with Crippen LogP contribution in [-0.2, 0) is 71.3 Å². The number of esters is 3. The molecule has 4 aliphatic carbocycles. The first-order chi connectivity index (χ1) is 33.4. The van der Waals surface area contributed by atoms with Crippen molar-refractivity contribution < 1.29 is 102 Å². The van der Waals surface area contributed by atoms with Crippen LogP contribution in [0.15, 0.2) is 23.8 Å². The van der Waals surface area contributed by atoms with Gasteiger partial charge in [0.15, 0.2) is 43.0 Å². The van der Waals surface area contributed by atoms with Crippen molar-refractivity contribution in [2.45, 2.75) is 210 Å². The lowest BCUT2D eigenvalue weighted by atomic mass is 9.46. The van der Waals surface area contributed by atoms with Gasteiger partial charge in [0.05, 0.1) is 37.6 Å². The Hall–Kier alpha value is -3.00. The van der Waals surface area contributed by atoms with Crippen LogP contribution in [0.3, 0.4) is 0 Å². The molecule has 8 fully saturated rings. The summed E-state index contributed by atoms with van der Waals surface area (Å²) in [7, 11) is 0. The summed E-state index contributed by atoms with van der Waals surface area (Å²) in [4.78, 5) is 49.5. The summed E-state index contributed by atoms with van der Waals surface area (Å²) in [5.74, 6) is -4.53. The number of hydrogen-bond acceptors (Lipinski definition) is 21. The predicted molar refractivity (Wildman–Crippen MR) is 239 cm³/mol. The molecule has 0 bridgehead atoms. The van der Waals surface area contributed by atoms with Crippen molar-refractivity contribution in [3.8, 4) is 0 Å². The number of carbonyl (C=O) groups excluding carboxylic acids is 4. The minimum absolute atomic E-state index is 0.00206. The van der Waals surface area contributed by atoms with E-state index in [-0.39, 0.29) is 60.7 Å². The van der Waals surface area contributed by atoms with E-state index < -0.39 is 139 Å². The normalized spacial score (nSPS) is 51.6. The molecule has 0 aromatic heterocycles. The first-order valence-electron chi connectivity index (χ1n) is 25.1. The number of rotatable bonds is 9. The van der Waals surface area contributed by atoms with Gasteiger partial charge in [0, 0.05) is 38.5 Å². The van der Waals surface area contributed by atoms with Gasteiger partial charge in [-0.25, -0.2) is 0 Å². The monoisotopic (exact) mass is 1010 g/mol. The van der Waals surface area contributed by atoms with Gasteiger partial charge in [-0.1, -0.05) is 39.0 Å². The molecule has 0 aromatic rings. The Morgan fingerprint density at radius 3 is 2.14 bits per heavy atom. The van der Waals surface area contributed by atoms with Gasteiger partial charge in [0.1, 0.15) is 48.8 Å². The summed E-state index contributed by atoms with van der Waals surface area (Å²) < 4.78 is 67.9. The maximum absolute atomic E-state index is 12.5. The number of ketones is 1. The summed E-state index contributed by atoms with van der Waals surface area (Å²) in [6.45, 7) is 16.6. The second kappa shape index (κ2) is 19.6. The van der Waals surface area contributed by atoms with Crippen LogP contribution in [-0.4, -0.2) is 184 Å². The standard InChI is InChI=1S/C50H72O21/c1-19-17-62-50(44(35(19)56)70-45-39(60)38(59)36(57)21(3)63-45)20(2)34-32(71-50)16-30-28-11-10-26-14-27(54)15-33(49(26,9)29(28)12-13-48(30,34)8)68-46-41(37(58)31(55)18-61-46)69-47-43(67-25(7)53)42(66-24(6)52)40(22(4)64-47)65-23(5)51/h10,20-22,27-35,37-47,54-56,58-60H,1,11-18H2,2-9H3/t20-,21+,22-,27+,28+,29-,30-,31-,32-,33+,34-,35-,37-,38-,39+,40-,41+,42+,43+,44+,45-,46-,47-,48-,49-,50-/m0/s1. The number of allylic oxidation sites excluding steroid dienone is 1. The van der Waals surface area contributed by atoms with Crippen molar-refractivity contribution in [3.63, 3.8) is 0 Å². The molecule has 0 aromatic carbocycles. The zero-order chi connectivity index (χ0) is 51.4.